The highest BCUT2D eigenvalue weighted by Gasteiger charge is 2.28. The van der Waals surface area contributed by atoms with E-state index in [0.29, 0.717) is 5.92 Å². The number of hydrogen-bond donors (Lipinski definition) is 1. The van der Waals surface area contributed by atoms with Gasteiger partial charge in [-0.25, -0.2) is 9.97 Å². The van der Waals surface area contributed by atoms with Crippen LogP contribution in [0.3, 0.4) is 0 Å². The van der Waals surface area contributed by atoms with Crippen LogP contribution in [0.4, 0.5) is 0 Å². The molecular weight excluding hydrogens is 286 g/mol. The van der Waals surface area contributed by atoms with Crippen molar-refractivity contribution in [2.45, 2.75) is 19.4 Å². The first-order chi connectivity index (χ1) is 10.2. The zero-order valence-corrected chi connectivity index (χ0v) is 12.7. The van der Waals surface area contributed by atoms with Gasteiger partial charge in [0, 0.05) is 35.4 Å². The predicted molar refractivity (Wildman–Crippen MR) is 82.6 cm³/mol. The van der Waals surface area contributed by atoms with Gasteiger partial charge >= 0.3 is 0 Å². The van der Waals surface area contributed by atoms with E-state index >= 15 is 0 Å². The number of halogens is 1. The van der Waals surface area contributed by atoms with Gasteiger partial charge in [-0.2, -0.15) is 0 Å². The Bertz CT molecular complexity index is 600. The molecule has 0 radical (unpaired) electrons. The molecule has 0 amide bonds. The molecule has 0 spiro atoms. The van der Waals surface area contributed by atoms with Gasteiger partial charge < -0.3 is 10.1 Å². The molecule has 21 heavy (non-hydrogen) atoms. The van der Waals surface area contributed by atoms with E-state index in [-0.39, 0.29) is 6.10 Å². The van der Waals surface area contributed by atoms with Gasteiger partial charge in [0.05, 0.1) is 0 Å². The van der Waals surface area contributed by atoms with E-state index in [1.807, 2.05) is 37.5 Å². The van der Waals surface area contributed by atoms with Gasteiger partial charge in [0.1, 0.15) is 18.2 Å². The molecular formula is C16H18ClN3O. The number of hydrogen-bond acceptors (Lipinski definition) is 4. The Labute approximate surface area is 129 Å². The summed E-state index contributed by atoms with van der Waals surface area (Å²) in [6.45, 7) is 3.98. The van der Waals surface area contributed by atoms with E-state index in [9.17, 15) is 0 Å². The quantitative estimate of drug-likeness (QED) is 0.942. The van der Waals surface area contributed by atoms with E-state index in [4.69, 9.17) is 16.3 Å². The standard InChI is InChI=1S/C16H18ClN3O/c1-11-6-14(17)2-3-15(11)21-16(12-4-5-18-7-12)13-8-19-10-20-9-13/h2-3,6,8-10,12,16,18H,4-5,7H2,1H3/t12-,16+/m0/s1. The maximum Gasteiger partial charge on any atom is 0.131 e. The first kappa shape index (κ1) is 14.3. The topological polar surface area (TPSA) is 47.0 Å². The molecule has 2 atom stereocenters. The van der Waals surface area contributed by atoms with E-state index in [0.717, 1.165) is 41.4 Å². The van der Waals surface area contributed by atoms with Gasteiger partial charge in [-0.05, 0) is 43.7 Å². The molecule has 0 aliphatic carbocycles. The summed E-state index contributed by atoms with van der Waals surface area (Å²) in [6, 6.07) is 5.70. The summed E-state index contributed by atoms with van der Waals surface area (Å²) in [5.41, 5.74) is 2.05. The summed E-state index contributed by atoms with van der Waals surface area (Å²) in [7, 11) is 0. The number of aryl methyl sites for hydroxylation is 1. The van der Waals surface area contributed by atoms with Crippen molar-refractivity contribution in [2.24, 2.45) is 5.92 Å². The van der Waals surface area contributed by atoms with Crippen LogP contribution in [0.2, 0.25) is 5.02 Å². The first-order valence-electron chi connectivity index (χ1n) is 7.12. The molecule has 1 aliphatic rings. The highest BCUT2D eigenvalue weighted by atomic mass is 35.5. The van der Waals surface area contributed by atoms with Crippen LogP contribution < -0.4 is 10.1 Å². The fourth-order valence-corrected chi connectivity index (χ4v) is 2.94. The molecule has 1 fully saturated rings. The Morgan fingerprint density at radius 2 is 2.14 bits per heavy atom. The van der Waals surface area contributed by atoms with Crippen molar-refractivity contribution in [1.29, 1.82) is 0 Å². The molecule has 1 aromatic heterocycles. The maximum absolute atomic E-state index is 6.29. The monoisotopic (exact) mass is 303 g/mol. The fraction of sp³-hybridized carbons (Fsp3) is 0.375. The summed E-state index contributed by atoms with van der Waals surface area (Å²) >= 11 is 6.01. The minimum atomic E-state index is -0.0407. The summed E-state index contributed by atoms with van der Waals surface area (Å²) in [6.07, 6.45) is 6.26. The van der Waals surface area contributed by atoms with Crippen molar-refractivity contribution in [3.63, 3.8) is 0 Å². The van der Waals surface area contributed by atoms with Crippen LogP contribution in [0.1, 0.15) is 23.7 Å². The molecule has 110 valence electrons. The molecule has 2 aromatic rings. The van der Waals surface area contributed by atoms with Crippen molar-refractivity contribution in [3.05, 3.63) is 53.1 Å². The zero-order valence-electron chi connectivity index (χ0n) is 11.9. The highest BCUT2D eigenvalue weighted by Crippen LogP contribution is 2.33. The summed E-state index contributed by atoms with van der Waals surface area (Å²) < 4.78 is 6.29. The molecule has 5 heteroatoms. The summed E-state index contributed by atoms with van der Waals surface area (Å²) in [4.78, 5) is 8.25. The van der Waals surface area contributed by atoms with Gasteiger partial charge in [-0.15, -0.1) is 0 Å². The summed E-state index contributed by atoms with van der Waals surface area (Å²) in [5, 5.41) is 4.11. The summed E-state index contributed by atoms with van der Waals surface area (Å²) in [5.74, 6) is 1.28. The average molecular weight is 304 g/mol. The van der Waals surface area contributed by atoms with Gasteiger partial charge in [0.25, 0.3) is 0 Å². The van der Waals surface area contributed by atoms with Crippen LogP contribution in [0.25, 0.3) is 0 Å². The Morgan fingerprint density at radius 3 is 2.81 bits per heavy atom. The van der Waals surface area contributed by atoms with Crippen molar-refractivity contribution in [2.75, 3.05) is 13.1 Å². The molecule has 1 saturated heterocycles. The second-order valence-corrected chi connectivity index (χ2v) is 5.81. The van der Waals surface area contributed by atoms with Crippen LogP contribution in [-0.4, -0.2) is 23.1 Å². The second kappa shape index (κ2) is 6.41. The van der Waals surface area contributed by atoms with E-state index in [1.54, 1.807) is 6.33 Å². The van der Waals surface area contributed by atoms with Crippen LogP contribution in [-0.2, 0) is 0 Å². The second-order valence-electron chi connectivity index (χ2n) is 5.37. The van der Waals surface area contributed by atoms with Gasteiger partial charge in [0.2, 0.25) is 0 Å². The largest absolute Gasteiger partial charge is 0.485 e. The molecule has 1 aromatic carbocycles. The Balaban J connectivity index is 1.88. The number of nitrogens with one attached hydrogen (secondary N) is 1. The third kappa shape index (κ3) is 3.34. The van der Waals surface area contributed by atoms with Gasteiger partial charge in [0.15, 0.2) is 0 Å². The molecule has 0 saturated carbocycles. The fourth-order valence-electron chi connectivity index (χ4n) is 2.71. The number of nitrogens with zero attached hydrogens (tertiary/aromatic N) is 2. The SMILES string of the molecule is Cc1cc(Cl)ccc1O[C@@H](c1cncnc1)[C@H]1CCNC1. The lowest BCUT2D eigenvalue weighted by Gasteiger charge is -2.25. The smallest absolute Gasteiger partial charge is 0.131 e. The molecule has 4 nitrogen and oxygen atoms in total. The van der Waals surface area contributed by atoms with Crippen LogP contribution in [0.5, 0.6) is 5.75 Å². The first-order valence-corrected chi connectivity index (χ1v) is 7.50. The third-order valence-electron chi connectivity index (χ3n) is 3.83. The third-order valence-corrected chi connectivity index (χ3v) is 4.06. The van der Waals surface area contributed by atoms with Crippen molar-refractivity contribution in [3.8, 4) is 5.75 Å². The van der Waals surface area contributed by atoms with Crippen molar-refractivity contribution in [1.82, 2.24) is 15.3 Å². The molecule has 0 unspecified atom stereocenters. The normalized spacial score (nSPS) is 19.4. The lowest BCUT2D eigenvalue weighted by Crippen LogP contribution is -2.22. The Hall–Kier alpha value is -1.65. The molecule has 1 aliphatic heterocycles. The predicted octanol–water partition coefficient (Wildman–Crippen LogP) is 3.17. The number of rotatable bonds is 4. The highest BCUT2D eigenvalue weighted by molar-refractivity contribution is 6.30. The van der Waals surface area contributed by atoms with Gasteiger partial charge in [-0.3, -0.25) is 0 Å². The Morgan fingerprint density at radius 1 is 1.33 bits per heavy atom. The average Bonchev–Trinajstić information content (AvgIpc) is 3.01. The van der Waals surface area contributed by atoms with Crippen molar-refractivity contribution >= 4 is 11.6 Å². The lowest BCUT2D eigenvalue weighted by molar-refractivity contribution is 0.142. The number of aromatic nitrogens is 2. The molecule has 0 bridgehead atoms. The van der Waals surface area contributed by atoms with E-state index in [1.165, 1.54) is 0 Å². The van der Waals surface area contributed by atoms with Crippen LogP contribution in [0, 0.1) is 12.8 Å². The Kier molecular flexibility index (Phi) is 4.36. The molecule has 3 rings (SSSR count). The van der Waals surface area contributed by atoms with Crippen LogP contribution in [0.15, 0.2) is 36.9 Å². The zero-order chi connectivity index (χ0) is 14.7. The van der Waals surface area contributed by atoms with Crippen molar-refractivity contribution < 1.29 is 4.74 Å². The number of benzene rings is 1. The molecule has 1 N–H and O–H groups in total. The van der Waals surface area contributed by atoms with Gasteiger partial charge in [-0.1, -0.05) is 11.6 Å². The minimum absolute atomic E-state index is 0.0407. The maximum atomic E-state index is 6.29. The minimum Gasteiger partial charge on any atom is -0.485 e. The molecule has 2 heterocycles. The number of ether oxygens (including phenoxy) is 1. The van der Waals surface area contributed by atoms with E-state index in [2.05, 4.69) is 15.3 Å². The van der Waals surface area contributed by atoms with Crippen LogP contribution >= 0.6 is 11.6 Å². The van der Waals surface area contributed by atoms with E-state index < -0.39 is 0 Å². The lowest BCUT2D eigenvalue weighted by atomic mass is 9.96.